The number of aryl methyl sites for hydroxylation is 1. The van der Waals surface area contributed by atoms with Gasteiger partial charge in [0.1, 0.15) is 5.37 Å². The van der Waals surface area contributed by atoms with Crippen molar-refractivity contribution >= 4 is 35.0 Å². The number of benzene rings is 3. The van der Waals surface area contributed by atoms with Crippen molar-refractivity contribution in [1.82, 2.24) is 0 Å². The van der Waals surface area contributed by atoms with E-state index in [0.717, 1.165) is 16.8 Å². The van der Waals surface area contributed by atoms with Crippen LogP contribution in [0.2, 0.25) is 0 Å². The summed E-state index contributed by atoms with van der Waals surface area (Å²) in [5.74, 6) is -0.915. The number of thioether (sulfide) groups is 1. The van der Waals surface area contributed by atoms with E-state index >= 15 is 0 Å². The predicted octanol–water partition coefficient (Wildman–Crippen LogP) is 7.06. The van der Waals surface area contributed by atoms with Crippen molar-refractivity contribution in [2.24, 2.45) is 0 Å². The SMILES string of the molecule is Cc1ccccc1N1C(=O)CS[C@@H]1c1ccc(NC(=O)c2cc(C(F)(F)F)cc(C(F)(F)F)c2)cc1. The van der Waals surface area contributed by atoms with Gasteiger partial charge in [0.15, 0.2) is 0 Å². The first kappa shape index (κ1) is 25.6. The lowest BCUT2D eigenvalue weighted by Crippen LogP contribution is -2.28. The van der Waals surface area contributed by atoms with Gasteiger partial charge < -0.3 is 5.32 Å². The van der Waals surface area contributed by atoms with E-state index in [1.54, 1.807) is 17.0 Å². The van der Waals surface area contributed by atoms with E-state index in [1.165, 1.54) is 23.9 Å². The number of carbonyl (C=O) groups excluding carboxylic acids is 2. The molecule has 3 aromatic carbocycles. The maximum absolute atomic E-state index is 13.1. The number of carbonyl (C=O) groups is 2. The zero-order valence-corrected chi connectivity index (χ0v) is 19.4. The third-order valence-electron chi connectivity index (χ3n) is 5.55. The monoisotopic (exact) mass is 524 g/mol. The molecule has 1 aliphatic heterocycles. The molecule has 4 nitrogen and oxygen atoms in total. The number of amides is 2. The summed E-state index contributed by atoms with van der Waals surface area (Å²) in [6, 6.07) is 14.4. The van der Waals surface area contributed by atoms with Gasteiger partial charge in [-0.1, -0.05) is 30.3 Å². The van der Waals surface area contributed by atoms with E-state index < -0.39 is 35.0 Å². The maximum atomic E-state index is 13.1. The van der Waals surface area contributed by atoms with E-state index in [-0.39, 0.29) is 28.8 Å². The first-order valence-electron chi connectivity index (χ1n) is 10.5. The Morgan fingerprint density at radius 2 is 1.50 bits per heavy atom. The number of hydrogen-bond donors (Lipinski definition) is 1. The van der Waals surface area contributed by atoms with Crippen molar-refractivity contribution in [2.45, 2.75) is 24.7 Å². The van der Waals surface area contributed by atoms with E-state index in [9.17, 15) is 35.9 Å². The van der Waals surface area contributed by atoms with E-state index in [2.05, 4.69) is 5.32 Å². The fraction of sp³-hybridized carbons (Fsp3) is 0.200. The summed E-state index contributed by atoms with van der Waals surface area (Å²) in [6.45, 7) is 1.89. The van der Waals surface area contributed by atoms with Crippen molar-refractivity contribution in [3.05, 3.63) is 94.5 Å². The van der Waals surface area contributed by atoms with Crippen LogP contribution in [-0.2, 0) is 17.1 Å². The van der Waals surface area contributed by atoms with Crippen molar-refractivity contribution in [3.8, 4) is 0 Å². The topological polar surface area (TPSA) is 49.4 Å². The normalized spacial score (nSPS) is 16.4. The van der Waals surface area contributed by atoms with Gasteiger partial charge in [-0.25, -0.2) is 0 Å². The highest BCUT2D eigenvalue weighted by molar-refractivity contribution is 8.00. The Morgan fingerprint density at radius 1 is 0.917 bits per heavy atom. The van der Waals surface area contributed by atoms with Gasteiger partial charge in [0.05, 0.1) is 16.9 Å². The highest BCUT2D eigenvalue weighted by Crippen LogP contribution is 2.43. The summed E-state index contributed by atoms with van der Waals surface area (Å²) in [7, 11) is 0. The van der Waals surface area contributed by atoms with E-state index in [0.29, 0.717) is 12.1 Å². The van der Waals surface area contributed by atoms with E-state index in [1.807, 2.05) is 31.2 Å². The summed E-state index contributed by atoms with van der Waals surface area (Å²) in [5.41, 5.74) is -1.32. The molecule has 1 fully saturated rings. The minimum Gasteiger partial charge on any atom is -0.322 e. The number of anilines is 2. The Balaban J connectivity index is 1.57. The fourth-order valence-corrected chi connectivity index (χ4v) is 4.95. The molecule has 188 valence electrons. The highest BCUT2D eigenvalue weighted by atomic mass is 32.2. The quantitative estimate of drug-likeness (QED) is 0.372. The lowest BCUT2D eigenvalue weighted by Gasteiger charge is -2.26. The summed E-state index contributed by atoms with van der Waals surface area (Å²) < 4.78 is 78.6. The average molecular weight is 524 g/mol. The van der Waals surface area contributed by atoms with Crippen LogP contribution in [0.5, 0.6) is 0 Å². The number of hydrogen-bond acceptors (Lipinski definition) is 3. The summed E-state index contributed by atoms with van der Waals surface area (Å²) in [5, 5.41) is 2.00. The molecular formula is C25H18F6N2O2S. The molecule has 0 bridgehead atoms. The van der Waals surface area contributed by atoms with Crippen molar-refractivity contribution in [3.63, 3.8) is 0 Å². The van der Waals surface area contributed by atoms with Gasteiger partial charge in [-0.2, -0.15) is 26.3 Å². The summed E-state index contributed by atoms with van der Waals surface area (Å²) in [4.78, 5) is 26.8. The number of nitrogens with one attached hydrogen (secondary N) is 1. The summed E-state index contributed by atoms with van der Waals surface area (Å²) >= 11 is 1.42. The molecule has 0 aliphatic carbocycles. The Morgan fingerprint density at radius 3 is 2.06 bits per heavy atom. The third-order valence-corrected chi connectivity index (χ3v) is 6.76. The molecular weight excluding hydrogens is 506 g/mol. The van der Waals surface area contributed by atoms with Gasteiger partial charge in [-0.3, -0.25) is 14.5 Å². The lowest BCUT2D eigenvalue weighted by molar-refractivity contribution is -0.143. The molecule has 11 heteroatoms. The van der Waals surface area contributed by atoms with Crippen molar-refractivity contribution in [1.29, 1.82) is 0 Å². The Bertz CT molecular complexity index is 1270. The first-order chi connectivity index (χ1) is 16.8. The van der Waals surface area contributed by atoms with Crippen molar-refractivity contribution in [2.75, 3.05) is 16.0 Å². The molecule has 3 aromatic rings. The van der Waals surface area contributed by atoms with Crippen molar-refractivity contribution < 1.29 is 35.9 Å². The van der Waals surface area contributed by atoms with Crippen LogP contribution in [-0.4, -0.2) is 17.6 Å². The van der Waals surface area contributed by atoms with Crippen LogP contribution in [0.4, 0.5) is 37.7 Å². The van der Waals surface area contributed by atoms with Crippen LogP contribution in [0.1, 0.15) is 38.0 Å². The minimum absolute atomic E-state index is 0.0354. The molecule has 1 aliphatic rings. The molecule has 1 atom stereocenters. The van der Waals surface area contributed by atoms with Gasteiger partial charge >= 0.3 is 12.4 Å². The molecule has 1 N–H and O–H groups in total. The minimum atomic E-state index is -5.06. The smallest absolute Gasteiger partial charge is 0.322 e. The van der Waals surface area contributed by atoms with Gasteiger partial charge in [0, 0.05) is 16.9 Å². The van der Waals surface area contributed by atoms with Gasteiger partial charge in [0.25, 0.3) is 5.91 Å². The first-order valence-corrected chi connectivity index (χ1v) is 11.6. The molecule has 0 aromatic heterocycles. The predicted molar refractivity (Wildman–Crippen MR) is 125 cm³/mol. The zero-order chi connectivity index (χ0) is 26.3. The average Bonchev–Trinajstić information content (AvgIpc) is 3.19. The molecule has 0 unspecified atom stereocenters. The highest BCUT2D eigenvalue weighted by Gasteiger charge is 2.38. The second kappa shape index (κ2) is 9.53. The van der Waals surface area contributed by atoms with Gasteiger partial charge in [-0.15, -0.1) is 11.8 Å². The van der Waals surface area contributed by atoms with Crippen LogP contribution in [0, 0.1) is 6.92 Å². The summed E-state index contributed by atoms with van der Waals surface area (Å²) in [6.07, 6.45) is -10.1. The Labute approximate surface area is 206 Å². The van der Waals surface area contributed by atoms with Crippen LogP contribution < -0.4 is 10.2 Å². The van der Waals surface area contributed by atoms with Crippen LogP contribution in [0.25, 0.3) is 0 Å². The lowest BCUT2D eigenvalue weighted by atomic mass is 10.0. The Hall–Kier alpha value is -3.47. The van der Waals surface area contributed by atoms with E-state index in [4.69, 9.17) is 0 Å². The Kier molecular flexibility index (Phi) is 6.78. The molecule has 0 radical (unpaired) electrons. The largest absolute Gasteiger partial charge is 0.416 e. The molecule has 0 spiro atoms. The number of nitrogens with zero attached hydrogens (tertiary/aromatic N) is 1. The molecule has 4 rings (SSSR count). The second-order valence-electron chi connectivity index (χ2n) is 8.08. The molecule has 36 heavy (non-hydrogen) atoms. The molecule has 1 saturated heterocycles. The van der Waals surface area contributed by atoms with Crippen LogP contribution >= 0.6 is 11.8 Å². The number of para-hydroxylation sites is 1. The van der Waals surface area contributed by atoms with Crippen LogP contribution in [0.15, 0.2) is 66.7 Å². The molecule has 0 saturated carbocycles. The number of rotatable bonds is 4. The second-order valence-corrected chi connectivity index (χ2v) is 9.15. The molecule has 2 amide bonds. The zero-order valence-electron chi connectivity index (χ0n) is 18.6. The number of alkyl halides is 6. The fourth-order valence-electron chi connectivity index (χ4n) is 3.79. The third kappa shape index (κ3) is 5.35. The van der Waals surface area contributed by atoms with Gasteiger partial charge in [-0.05, 0) is 54.4 Å². The molecule has 1 heterocycles. The maximum Gasteiger partial charge on any atom is 0.416 e. The standard InChI is InChI=1S/C25H18F6N2O2S/c1-14-4-2-3-5-20(14)33-21(34)13-36-23(33)15-6-8-19(9-7-15)32-22(35)16-10-17(24(26,27)28)12-18(11-16)25(29,30)31/h2-12,23H,13H2,1H3,(H,32,35)/t23-/m1/s1. The number of halogens is 6. The van der Waals surface area contributed by atoms with Crippen LogP contribution in [0.3, 0.4) is 0 Å². The van der Waals surface area contributed by atoms with Gasteiger partial charge in [0.2, 0.25) is 5.91 Å².